The number of nitrogens with zero attached hydrogens (tertiary/aromatic N) is 4. The van der Waals surface area contributed by atoms with Gasteiger partial charge < -0.3 is 16.2 Å². The molecule has 0 saturated carbocycles. The quantitative estimate of drug-likeness (QED) is 0.663. The van der Waals surface area contributed by atoms with Crippen LogP contribution in [0.25, 0.3) is 22.3 Å². The molecule has 1 aromatic carbocycles. The Morgan fingerprint density at radius 1 is 1.25 bits per heavy atom. The molecule has 4 rings (SSSR count). The molecule has 0 amide bonds. The van der Waals surface area contributed by atoms with Crippen LogP contribution in [0.5, 0.6) is 5.75 Å². The molecule has 0 unspecified atom stereocenters. The predicted molar refractivity (Wildman–Crippen MR) is 87.9 cm³/mol. The Kier molecular flexibility index (Phi) is 3.53. The number of aromatic hydroxyl groups is 1. The number of phenolic OH excluding ortho intramolecular Hbond substituents is 1. The Hall–Kier alpha value is -2.74. The maximum absolute atomic E-state index is 13.6. The first-order valence-electron chi connectivity index (χ1n) is 7.85. The van der Waals surface area contributed by atoms with Crippen LogP contribution in [-0.2, 0) is 0 Å². The number of hydrogen-bond donors (Lipinski definition) is 3. The number of halogens is 1. The minimum atomic E-state index is -0.694. The molecule has 2 aromatic heterocycles. The van der Waals surface area contributed by atoms with Crippen molar-refractivity contribution in [2.45, 2.75) is 18.9 Å². The summed E-state index contributed by atoms with van der Waals surface area (Å²) >= 11 is 0. The molecule has 4 N–H and O–H groups in total. The second-order valence-electron chi connectivity index (χ2n) is 5.91. The van der Waals surface area contributed by atoms with Crippen LogP contribution in [0.4, 0.5) is 10.2 Å². The fraction of sp³-hybridized carbons (Fsp3) is 0.312. The van der Waals surface area contributed by atoms with Crippen LogP contribution in [0, 0.1) is 5.82 Å². The van der Waals surface area contributed by atoms with Gasteiger partial charge in [0.2, 0.25) is 0 Å². The lowest BCUT2D eigenvalue weighted by atomic mass is 10.1. The van der Waals surface area contributed by atoms with Crippen molar-refractivity contribution >= 4 is 16.9 Å². The van der Waals surface area contributed by atoms with Crippen molar-refractivity contribution in [1.29, 1.82) is 0 Å². The Bertz CT molecular complexity index is 903. The third-order valence-electron chi connectivity index (χ3n) is 4.40. The van der Waals surface area contributed by atoms with E-state index in [1.54, 1.807) is 12.1 Å². The van der Waals surface area contributed by atoms with Crippen molar-refractivity contribution in [3.05, 3.63) is 30.1 Å². The van der Waals surface area contributed by atoms with Crippen LogP contribution < -0.4 is 11.1 Å². The number of nitrogens with two attached hydrogens (primary N) is 1. The first kappa shape index (κ1) is 14.8. The highest BCUT2D eigenvalue weighted by Gasteiger charge is 2.21. The molecule has 7 nitrogen and oxygen atoms in total. The molecule has 24 heavy (non-hydrogen) atoms. The number of piperidine rings is 1. The van der Waals surface area contributed by atoms with Gasteiger partial charge in [-0.3, -0.25) is 4.68 Å². The molecule has 1 fully saturated rings. The maximum atomic E-state index is 13.6. The van der Waals surface area contributed by atoms with Gasteiger partial charge in [-0.05, 0) is 44.1 Å². The first-order chi connectivity index (χ1) is 11.6. The number of benzene rings is 1. The molecule has 8 heteroatoms. The van der Waals surface area contributed by atoms with Crippen LogP contribution in [0.3, 0.4) is 0 Å². The van der Waals surface area contributed by atoms with E-state index in [2.05, 4.69) is 20.6 Å². The van der Waals surface area contributed by atoms with E-state index in [-0.39, 0.29) is 6.04 Å². The SMILES string of the molecule is Nc1nn(C2CCNCC2)c2cc(-c3cccc(F)c3O)nnc12. The maximum Gasteiger partial charge on any atom is 0.174 e. The minimum absolute atomic E-state index is 0.226. The lowest BCUT2D eigenvalue weighted by Gasteiger charge is -2.23. The topological polar surface area (TPSA) is 102 Å². The van der Waals surface area contributed by atoms with Gasteiger partial charge in [0.15, 0.2) is 22.9 Å². The molecule has 1 saturated heterocycles. The largest absolute Gasteiger partial charge is 0.504 e. The molecule has 0 atom stereocenters. The van der Waals surface area contributed by atoms with E-state index in [9.17, 15) is 9.50 Å². The summed E-state index contributed by atoms with van der Waals surface area (Å²) in [5.41, 5.74) is 7.91. The first-order valence-corrected chi connectivity index (χ1v) is 7.85. The lowest BCUT2D eigenvalue weighted by molar-refractivity contribution is 0.352. The zero-order chi connectivity index (χ0) is 16.7. The van der Waals surface area contributed by atoms with Crippen molar-refractivity contribution in [2.75, 3.05) is 18.8 Å². The van der Waals surface area contributed by atoms with E-state index >= 15 is 0 Å². The zero-order valence-electron chi connectivity index (χ0n) is 12.9. The van der Waals surface area contributed by atoms with Gasteiger partial charge in [0, 0.05) is 5.56 Å². The highest BCUT2D eigenvalue weighted by molar-refractivity contribution is 5.87. The lowest BCUT2D eigenvalue weighted by Crippen LogP contribution is -2.29. The molecule has 0 aliphatic carbocycles. The summed E-state index contributed by atoms with van der Waals surface area (Å²) in [6, 6.07) is 6.30. The number of nitrogen functional groups attached to an aromatic ring is 1. The van der Waals surface area contributed by atoms with Gasteiger partial charge in [-0.15, -0.1) is 10.2 Å². The fourth-order valence-corrected chi connectivity index (χ4v) is 3.14. The van der Waals surface area contributed by atoms with Gasteiger partial charge in [0.25, 0.3) is 0 Å². The number of aromatic nitrogens is 4. The average Bonchev–Trinajstić information content (AvgIpc) is 2.94. The predicted octanol–water partition coefficient (Wildman–Crippen LogP) is 1.84. The Morgan fingerprint density at radius 2 is 2.04 bits per heavy atom. The summed E-state index contributed by atoms with van der Waals surface area (Å²) < 4.78 is 15.5. The second kappa shape index (κ2) is 5.72. The molecule has 0 bridgehead atoms. The minimum Gasteiger partial charge on any atom is -0.504 e. The molecule has 3 aromatic rings. The van der Waals surface area contributed by atoms with Gasteiger partial charge in [-0.1, -0.05) is 6.07 Å². The van der Waals surface area contributed by atoms with E-state index in [1.807, 2.05) is 4.68 Å². The van der Waals surface area contributed by atoms with Crippen LogP contribution in [0.2, 0.25) is 0 Å². The fourth-order valence-electron chi connectivity index (χ4n) is 3.14. The third kappa shape index (κ3) is 2.35. The number of rotatable bonds is 2. The molecule has 124 valence electrons. The zero-order valence-corrected chi connectivity index (χ0v) is 12.9. The van der Waals surface area contributed by atoms with E-state index in [0.717, 1.165) is 31.4 Å². The summed E-state index contributed by atoms with van der Waals surface area (Å²) in [6.07, 6.45) is 1.89. The summed E-state index contributed by atoms with van der Waals surface area (Å²) in [7, 11) is 0. The van der Waals surface area contributed by atoms with Crippen LogP contribution >= 0.6 is 0 Å². The van der Waals surface area contributed by atoms with Crippen LogP contribution in [0.15, 0.2) is 24.3 Å². The Morgan fingerprint density at radius 3 is 2.83 bits per heavy atom. The number of phenols is 1. The smallest absolute Gasteiger partial charge is 0.174 e. The number of hydrogen-bond acceptors (Lipinski definition) is 6. The molecular weight excluding hydrogens is 311 g/mol. The third-order valence-corrected chi connectivity index (χ3v) is 4.40. The summed E-state index contributed by atoms with van der Waals surface area (Å²) in [4.78, 5) is 0. The second-order valence-corrected chi connectivity index (χ2v) is 5.91. The van der Waals surface area contributed by atoms with Crippen LogP contribution in [0.1, 0.15) is 18.9 Å². The number of anilines is 1. The van der Waals surface area contributed by atoms with Gasteiger partial charge in [-0.25, -0.2) is 4.39 Å². The highest BCUT2D eigenvalue weighted by Crippen LogP contribution is 2.33. The van der Waals surface area contributed by atoms with Crippen LogP contribution in [-0.4, -0.2) is 38.2 Å². The van der Waals surface area contributed by atoms with Crippen molar-refractivity contribution in [3.8, 4) is 17.0 Å². The van der Waals surface area contributed by atoms with Gasteiger partial charge in [-0.2, -0.15) is 5.10 Å². The molecule has 1 aliphatic heterocycles. The molecular formula is C16H17FN6O. The van der Waals surface area contributed by atoms with Gasteiger partial charge >= 0.3 is 0 Å². The molecule has 0 spiro atoms. The summed E-state index contributed by atoms with van der Waals surface area (Å²) in [5.74, 6) is -0.807. The molecule has 3 heterocycles. The Balaban J connectivity index is 1.86. The molecule has 0 radical (unpaired) electrons. The van der Waals surface area contributed by atoms with E-state index in [1.165, 1.54) is 12.1 Å². The standard InChI is InChI=1S/C16H17FN6O/c17-11-3-1-2-10(15(11)24)12-8-13-14(21-20-12)16(18)22-23(13)9-4-6-19-7-5-9/h1-3,8-9,19,24H,4-7H2,(H2,18,22). The van der Waals surface area contributed by atoms with Crippen molar-refractivity contribution in [2.24, 2.45) is 0 Å². The van der Waals surface area contributed by atoms with E-state index in [4.69, 9.17) is 5.73 Å². The highest BCUT2D eigenvalue weighted by atomic mass is 19.1. The summed E-state index contributed by atoms with van der Waals surface area (Å²) in [6.45, 7) is 1.84. The van der Waals surface area contributed by atoms with Crippen molar-refractivity contribution < 1.29 is 9.50 Å². The molecule has 1 aliphatic rings. The van der Waals surface area contributed by atoms with Crippen molar-refractivity contribution in [1.82, 2.24) is 25.3 Å². The monoisotopic (exact) mass is 328 g/mol. The normalized spacial score (nSPS) is 15.9. The van der Waals surface area contributed by atoms with E-state index in [0.29, 0.717) is 22.6 Å². The van der Waals surface area contributed by atoms with Gasteiger partial charge in [0.05, 0.1) is 17.3 Å². The number of para-hydroxylation sites is 1. The van der Waals surface area contributed by atoms with E-state index < -0.39 is 11.6 Å². The Labute approximate surface area is 137 Å². The van der Waals surface area contributed by atoms with Gasteiger partial charge in [0.1, 0.15) is 0 Å². The number of fused-ring (bicyclic) bond motifs is 1. The van der Waals surface area contributed by atoms with Crippen molar-refractivity contribution in [3.63, 3.8) is 0 Å². The average molecular weight is 328 g/mol. The number of nitrogens with one attached hydrogen (secondary N) is 1. The summed E-state index contributed by atoms with van der Waals surface area (Å²) in [5, 5.41) is 25.9.